The first-order valence-electron chi connectivity index (χ1n) is 9.82. The van der Waals surface area contributed by atoms with E-state index in [0.717, 1.165) is 25.1 Å². The first-order valence-corrected chi connectivity index (χ1v) is 13.3. The molecule has 0 bridgehead atoms. The lowest BCUT2D eigenvalue weighted by Crippen LogP contribution is -2.41. The summed E-state index contributed by atoms with van der Waals surface area (Å²) in [6.45, 7) is 1.46. The van der Waals surface area contributed by atoms with Gasteiger partial charge in [-0.1, -0.05) is 6.07 Å². The molecule has 2 aliphatic heterocycles. The molecule has 0 saturated carbocycles. The number of fused-ring (bicyclic) bond motifs is 1. The number of hydrogen-bond donors (Lipinski definition) is 1. The summed E-state index contributed by atoms with van der Waals surface area (Å²) < 4.78 is 28.8. The maximum Gasteiger partial charge on any atom is 0.263 e. The Morgan fingerprint density at radius 2 is 1.94 bits per heavy atom. The summed E-state index contributed by atoms with van der Waals surface area (Å²) in [7, 11) is -3.71. The van der Waals surface area contributed by atoms with Crippen molar-refractivity contribution in [3.05, 3.63) is 63.2 Å². The van der Waals surface area contributed by atoms with Crippen LogP contribution in [0.1, 0.15) is 12.0 Å². The van der Waals surface area contributed by atoms with Crippen molar-refractivity contribution in [1.82, 2.24) is 4.98 Å². The molecule has 31 heavy (non-hydrogen) atoms. The van der Waals surface area contributed by atoms with Gasteiger partial charge in [-0.2, -0.15) is 0 Å². The number of hydrogen-bond acceptors (Lipinski definition) is 6. The van der Waals surface area contributed by atoms with Crippen molar-refractivity contribution in [2.24, 2.45) is 0 Å². The average molecular weight is 566 g/mol. The maximum absolute atomic E-state index is 13.2. The zero-order valence-corrected chi connectivity index (χ0v) is 20.2. The number of thiazole rings is 1. The molecule has 0 unspecified atom stereocenters. The number of nitrogens with zero attached hydrogens (tertiary/aromatic N) is 3. The smallest absolute Gasteiger partial charge is 0.263 e. The molecule has 160 valence electrons. The van der Waals surface area contributed by atoms with Crippen molar-refractivity contribution >= 4 is 66.4 Å². The first kappa shape index (κ1) is 20.7. The van der Waals surface area contributed by atoms with E-state index in [-0.39, 0.29) is 16.8 Å². The SMILES string of the molecule is O=C1[C@@H](N2CCc3c(I)cccc32)CCN1c1ccc(S(=O)(=O)Nc2nccs2)cc1. The van der Waals surface area contributed by atoms with Gasteiger partial charge in [0, 0.05) is 39.6 Å². The molecule has 0 spiro atoms. The Hall–Kier alpha value is -2.18. The van der Waals surface area contributed by atoms with Gasteiger partial charge >= 0.3 is 0 Å². The Kier molecular flexibility index (Phi) is 5.39. The third-order valence-electron chi connectivity index (χ3n) is 5.67. The number of nitrogens with one attached hydrogen (secondary N) is 1. The highest BCUT2D eigenvalue weighted by atomic mass is 127. The normalized spacial score (nSPS) is 18.5. The predicted octanol–water partition coefficient (Wildman–Crippen LogP) is 3.72. The molecule has 2 aliphatic rings. The molecular weight excluding hydrogens is 547 g/mol. The van der Waals surface area contributed by atoms with Crippen LogP contribution in [0.4, 0.5) is 16.5 Å². The van der Waals surface area contributed by atoms with E-state index in [1.54, 1.807) is 28.6 Å². The number of benzene rings is 2. The van der Waals surface area contributed by atoms with E-state index < -0.39 is 10.0 Å². The summed E-state index contributed by atoms with van der Waals surface area (Å²) in [6, 6.07) is 12.5. The Morgan fingerprint density at radius 1 is 1.13 bits per heavy atom. The van der Waals surface area contributed by atoms with E-state index in [1.807, 2.05) is 6.07 Å². The van der Waals surface area contributed by atoms with Crippen LogP contribution in [0.5, 0.6) is 0 Å². The van der Waals surface area contributed by atoms with Crippen molar-refractivity contribution in [2.75, 3.05) is 27.6 Å². The molecule has 0 aliphatic carbocycles. The van der Waals surface area contributed by atoms with E-state index in [9.17, 15) is 13.2 Å². The Morgan fingerprint density at radius 3 is 2.68 bits per heavy atom. The van der Waals surface area contributed by atoms with Gasteiger partial charge in [-0.05, 0) is 77.4 Å². The van der Waals surface area contributed by atoms with E-state index in [4.69, 9.17) is 0 Å². The highest BCUT2D eigenvalue weighted by Crippen LogP contribution is 2.36. The van der Waals surface area contributed by atoms with Gasteiger partial charge in [0.1, 0.15) is 6.04 Å². The predicted molar refractivity (Wildman–Crippen MR) is 130 cm³/mol. The van der Waals surface area contributed by atoms with Crippen molar-refractivity contribution in [2.45, 2.75) is 23.8 Å². The van der Waals surface area contributed by atoms with Crippen LogP contribution in [-0.2, 0) is 21.2 Å². The minimum absolute atomic E-state index is 0.0585. The number of anilines is 3. The van der Waals surface area contributed by atoms with Crippen molar-refractivity contribution in [3.63, 3.8) is 0 Å². The van der Waals surface area contributed by atoms with Gasteiger partial charge in [0.2, 0.25) is 5.91 Å². The number of amides is 1. The van der Waals surface area contributed by atoms with Crippen molar-refractivity contribution in [3.8, 4) is 0 Å². The van der Waals surface area contributed by atoms with E-state index in [2.05, 4.69) is 49.3 Å². The highest BCUT2D eigenvalue weighted by molar-refractivity contribution is 14.1. The van der Waals surface area contributed by atoms with Crippen LogP contribution in [0, 0.1) is 3.57 Å². The van der Waals surface area contributed by atoms with Gasteiger partial charge in [0.25, 0.3) is 10.0 Å². The summed E-state index contributed by atoms with van der Waals surface area (Å²) >= 11 is 3.57. The molecule has 1 saturated heterocycles. The quantitative estimate of drug-likeness (QED) is 0.477. The zero-order valence-electron chi connectivity index (χ0n) is 16.4. The molecule has 1 amide bonds. The van der Waals surface area contributed by atoms with Gasteiger partial charge in [-0.25, -0.2) is 13.4 Å². The molecule has 1 aromatic heterocycles. The second-order valence-corrected chi connectivity index (χ2v) is 11.2. The molecule has 1 atom stereocenters. The number of aromatic nitrogens is 1. The fraction of sp³-hybridized carbons (Fsp3) is 0.238. The Balaban J connectivity index is 1.33. The summed E-state index contributed by atoms with van der Waals surface area (Å²) in [6.07, 6.45) is 3.24. The lowest BCUT2D eigenvalue weighted by molar-refractivity contribution is -0.118. The summed E-state index contributed by atoms with van der Waals surface area (Å²) in [4.78, 5) is 21.3. The second-order valence-electron chi connectivity index (χ2n) is 7.41. The lowest BCUT2D eigenvalue weighted by Gasteiger charge is -2.26. The Bertz CT molecular complexity index is 1230. The average Bonchev–Trinajstić information content (AvgIpc) is 3.48. The molecule has 7 nitrogen and oxygen atoms in total. The van der Waals surface area contributed by atoms with Crippen LogP contribution in [0.2, 0.25) is 0 Å². The monoisotopic (exact) mass is 566 g/mol. The Labute approximate surface area is 198 Å². The first-order chi connectivity index (χ1) is 14.9. The van der Waals surface area contributed by atoms with Crippen molar-refractivity contribution < 1.29 is 13.2 Å². The molecule has 0 radical (unpaired) electrons. The third-order valence-corrected chi connectivity index (χ3v) is 8.86. The van der Waals surface area contributed by atoms with Gasteiger partial charge in [-0.15, -0.1) is 11.3 Å². The zero-order chi connectivity index (χ0) is 21.6. The summed E-state index contributed by atoms with van der Waals surface area (Å²) in [5.74, 6) is 0.0585. The fourth-order valence-electron chi connectivity index (χ4n) is 4.20. The largest absolute Gasteiger partial charge is 0.359 e. The fourth-order valence-corrected chi connectivity index (χ4v) is 6.75. The third kappa shape index (κ3) is 3.80. The minimum Gasteiger partial charge on any atom is -0.359 e. The van der Waals surface area contributed by atoms with Crippen LogP contribution in [-0.4, -0.2) is 38.4 Å². The molecule has 1 N–H and O–H groups in total. The summed E-state index contributed by atoms with van der Waals surface area (Å²) in [5, 5.41) is 2.03. The molecule has 10 heteroatoms. The maximum atomic E-state index is 13.2. The van der Waals surface area contributed by atoms with Crippen LogP contribution in [0.15, 0.2) is 58.9 Å². The van der Waals surface area contributed by atoms with E-state index >= 15 is 0 Å². The van der Waals surface area contributed by atoms with E-state index in [1.165, 1.54) is 32.6 Å². The van der Waals surface area contributed by atoms with Crippen molar-refractivity contribution in [1.29, 1.82) is 0 Å². The summed E-state index contributed by atoms with van der Waals surface area (Å²) in [5.41, 5.74) is 3.18. The highest BCUT2D eigenvalue weighted by Gasteiger charge is 2.39. The van der Waals surface area contributed by atoms with Gasteiger partial charge in [0.05, 0.1) is 4.90 Å². The van der Waals surface area contributed by atoms with Gasteiger partial charge in [-0.3, -0.25) is 9.52 Å². The number of halogens is 1. The minimum atomic E-state index is -3.71. The molecular formula is C21H19IN4O3S2. The molecule has 3 aromatic rings. The number of carbonyl (C=O) groups excluding carboxylic acids is 1. The standard InChI is InChI=1S/C21H19IN4O3S2/c22-17-2-1-3-18-16(17)8-11-26(18)19-9-12-25(20(19)27)14-4-6-15(7-5-14)31(28,29)24-21-23-10-13-30-21/h1-7,10,13,19H,8-9,11-12H2,(H,23,24)/t19-/m0/s1. The molecule has 5 rings (SSSR count). The van der Waals surface area contributed by atoms with Crippen LogP contribution in [0.3, 0.4) is 0 Å². The van der Waals surface area contributed by atoms with Crippen LogP contribution < -0.4 is 14.5 Å². The number of carbonyl (C=O) groups is 1. The van der Waals surface area contributed by atoms with E-state index in [0.29, 0.717) is 17.4 Å². The number of rotatable bonds is 5. The van der Waals surface area contributed by atoms with Crippen LogP contribution in [0.25, 0.3) is 0 Å². The number of sulfonamides is 1. The molecule has 3 heterocycles. The second kappa shape index (κ2) is 8.06. The van der Waals surface area contributed by atoms with Gasteiger partial charge in [0.15, 0.2) is 5.13 Å². The van der Waals surface area contributed by atoms with Gasteiger partial charge < -0.3 is 9.80 Å². The molecule has 1 fully saturated rings. The molecule has 2 aromatic carbocycles. The lowest BCUT2D eigenvalue weighted by atomic mass is 10.1. The topological polar surface area (TPSA) is 82.6 Å². The van der Waals surface area contributed by atoms with Crippen LogP contribution >= 0.6 is 33.9 Å².